The molecule has 1 aromatic heterocycles. The third-order valence-corrected chi connectivity index (χ3v) is 4.94. The fourth-order valence-corrected chi connectivity index (χ4v) is 3.21. The van der Waals surface area contributed by atoms with Crippen LogP contribution in [0.4, 0.5) is 0 Å². The number of aromatic nitrogens is 2. The summed E-state index contributed by atoms with van der Waals surface area (Å²) in [6.45, 7) is 4.22. The number of aryl methyl sites for hydroxylation is 2. The molecular weight excluding hydrogens is 324 g/mol. The van der Waals surface area contributed by atoms with Gasteiger partial charge >= 0.3 is 0 Å². The van der Waals surface area contributed by atoms with Crippen LogP contribution in [0.25, 0.3) is 11.3 Å². The molecule has 0 bridgehead atoms. The normalized spacial score (nSPS) is 10.7. The van der Waals surface area contributed by atoms with E-state index in [1.54, 1.807) is 11.8 Å². The van der Waals surface area contributed by atoms with Crippen LogP contribution in [0.1, 0.15) is 16.7 Å². The molecule has 0 saturated heterocycles. The van der Waals surface area contributed by atoms with Gasteiger partial charge in [-0.25, -0.2) is 0 Å². The minimum atomic E-state index is 0.763. The maximum Gasteiger partial charge on any atom is 0.119 e. The van der Waals surface area contributed by atoms with Crippen LogP contribution in [0.2, 0.25) is 5.02 Å². The Morgan fingerprint density at radius 1 is 0.913 bits per heavy atom. The summed E-state index contributed by atoms with van der Waals surface area (Å²) in [5.74, 6) is 0.832. The van der Waals surface area contributed by atoms with Gasteiger partial charge in [0.15, 0.2) is 0 Å². The van der Waals surface area contributed by atoms with Gasteiger partial charge in [0, 0.05) is 16.3 Å². The van der Waals surface area contributed by atoms with Crippen molar-refractivity contribution >= 4 is 23.4 Å². The average molecular weight is 341 g/mol. The Morgan fingerprint density at radius 3 is 2.48 bits per heavy atom. The van der Waals surface area contributed by atoms with Crippen molar-refractivity contribution in [3.05, 3.63) is 76.3 Å². The minimum absolute atomic E-state index is 0.763. The van der Waals surface area contributed by atoms with Crippen LogP contribution < -0.4 is 0 Å². The molecule has 0 radical (unpaired) electrons. The summed E-state index contributed by atoms with van der Waals surface area (Å²) in [7, 11) is 0. The van der Waals surface area contributed by atoms with Crippen molar-refractivity contribution in [1.82, 2.24) is 10.2 Å². The molecule has 0 atom stereocenters. The van der Waals surface area contributed by atoms with Crippen molar-refractivity contribution < 1.29 is 0 Å². The summed E-state index contributed by atoms with van der Waals surface area (Å²) < 4.78 is 0. The third kappa shape index (κ3) is 4.12. The zero-order valence-corrected chi connectivity index (χ0v) is 14.7. The van der Waals surface area contributed by atoms with Crippen LogP contribution in [0.5, 0.6) is 0 Å². The number of hydrogen-bond donors (Lipinski definition) is 0. The Hall–Kier alpha value is -1.84. The van der Waals surface area contributed by atoms with E-state index in [0.717, 1.165) is 27.1 Å². The fraction of sp³-hybridized carbons (Fsp3) is 0.158. The molecule has 3 rings (SSSR count). The molecule has 3 aromatic rings. The minimum Gasteiger partial charge on any atom is -0.149 e. The summed E-state index contributed by atoms with van der Waals surface area (Å²) in [6.07, 6.45) is 0. The highest BCUT2D eigenvalue weighted by Gasteiger charge is 2.04. The van der Waals surface area contributed by atoms with Gasteiger partial charge in [-0.15, -0.1) is 10.2 Å². The van der Waals surface area contributed by atoms with Gasteiger partial charge in [0.25, 0.3) is 0 Å². The van der Waals surface area contributed by atoms with Gasteiger partial charge < -0.3 is 0 Å². The number of rotatable bonds is 4. The zero-order chi connectivity index (χ0) is 16.2. The lowest BCUT2D eigenvalue weighted by Crippen LogP contribution is -1.91. The second-order valence-electron chi connectivity index (χ2n) is 5.47. The molecule has 0 fully saturated rings. The molecule has 0 aliphatic heterocycles. The van der Waals surface area contributed by atoms with Crippen molar-refractivity contribution in [2.75, 3.05) is 0 Å². The van der Waals surface area contributed by atoms with Gasteiger partial charge in [0.2, 0.25) is 0 Å². The molecule has 0 unspecified atom stereocenters. The highest BCUT2D eigenvalue weighted by molar-refractivity contribution is 7.98. The Labute approximate surface area is 145 Å². The van der Waals surface area contributed by atoms with E-state index in [0.29, 0.717) is 0 Å². The number of thioether (sulfide) groups is 1. The maximum absolute atomic E-state index is 6.00. The second kappa shape index (κ2) is 7.16. The van der Waals surface area contributed by atoms with Crippen molar-refractivity contribution in [1.29, 1.82) is 0 Å². The molecule has 23 heavy (non-hydrogen) atoms. The number of hydrogen-bond acceptors (Lipinski definition) is 3. The fourth-order valence-electron chi connectivity index (χ4n) is 2.24. The van der Waals surface area contributed by atoms with E-state index in [2.05, 4.69) is 48.3 Å². The monoisotopic (exact) mass is 340 g/mol. The van der Waals surface area contributed by atoms with E-state index in [1.165, 1.54) is 16.7 Å². The SMILES string of the molecule is Cc1ccc(-c2ccc(SCc3cccc(Cl)c3)nn2)cc1C. The smallest absolute Gasteiger partial charge is 0.119 e. The van der Waals surface area contributed by atoms with Gasteiger partial charge in [-0.05, 0) is 60.9 Å². The average Bonchev–Trinajstić information content (AvgIpc) is 2.56. The molecule has 0 amide bonds. The van der Waals surface area contributed by atoms with Gasteiger partial charge in [0.05, 0.1) is 5.69 Å². The molecule has 2 nitrogen and oxygen atoms in total. The topological polar surface area (TPSA) is 25.8 Å². The summed E-state index contributed by atoms with van der Waals surface area (Å²) in [5.41, 5.74) is 5.74. The number of benzene rings is 2. The lowest BCUT2D eigenvalue weighted by molar-refractivity contribution is 0.935. The molecule has 2 aromatic carbocycles. The number of halogens is 1. The first-order valence-electron chi connectivity index (χ1n) is 7.40. The first-order chi connectivity index (χ1) is 11.1. The molecule has 4 heteroatoms. The van der Waals surface area contributed by atoms with Crippen molar-refractivity contribution in [2.24, 2.45) is 0 Å². The Balaban J connectivity index is 1.70. The van der Waals surface area contributed by atoms with Crippen molar-refractivity contribution in [2.45, 2.75) is 24.6 Å². The predicted octanol–water partition coefficient (Wildman–Crippen LogP) is 5.71. The van der Waals surface area contributed by atoms with Crippen LogP contribution in [-0.4, -0.2) is 10.2 Å². The summed E-state index contributed by atoms with van der Waals surface area (Å²) in [6, 6.07) is 18.3. The molecule has 0 N–H and O–H groups in total. The van der Waals surface area contributed by atoms with Gasteiger partial charge in [-0.2, -0.15) is 0 Å². The predicted molar refractivity (Wildman–Crippen MR) is 98.0 cm³/mol. The molecular formula is C19H17ClN2S. The van der Waals surface area contributed by atoms with Crippen molar-refractivity contribution in [3.8, 4) is 11.3 Å². The Bertz CT molecular complexity index is 816. The molecule has 0 aliphatic carbocycles. The number of nitrogens with zero attached hydrogens (tertiary/aromatic N) is 2. The van der Waals surface area contributed by atoms with E-state index in [9.17, 15) is 0 Å². The summed E-state index contributed by atoms with van der Waals surface area (Å²) in [5, 5.41) is 10.4. The van der Waals surface area contributed by atoms with Crippen molar-refractivity contribution in [3.63, 3.8) is 0 Å². The molecule has 0 saturated carbocycles. The van der Waals surface area contributed by atoms with E-state index in [-0.39, 0.29) is 0 Å². The van der Waals surface area contributed by atoms with Crippen LogP contribution in [0.15, 0.2) is 59.6 Å². The first kappa shape index (κ1) is 16.0. The van der Waals surface area contributed by atoms with Crippen LogP contribution in [-0.2, 0) is 5.75 Å². The summed E-state index contributed by atoms with van der Waals surface area (Å²) in [4.78, 5) is 0. The van der Waals surface area contributed by atoms with E-state index >= 15 is 0 Å². The Kier molecular flexibility index (Phi) is 4.99. The van der Waals surface area contributed by atoms with Gasteiger partial charge in [-0.1, -0.05) is 47.6 Å². The molecule has 0 spiro atoms. The highest BCUT2D eigenvalue weighted by Crippen LogP contribution is 2.24. The Morgan fingerprint density at radius 2 is 1.78 bits per heavy atom. The third-order valence-electron chi connectivity index (χ3n) is 3.72. The summed E-state index contributed by atoms with van der Waals surface area (Å²) >= 11 is 7.66. The molecule has 1 heterocycles. The lowest BCUT2D eigenvalue weighted by atomic mass is 10.0. The molecule has 0 aliphatic rings. The maximum atomic E-state index is 6.00. The highest BCUT2D eigenvalue weighted by atomic mass is 35.5. The van der Waals surface area contributed by atoms with Crippen LogP contribution in [0, 0.1) is 13.8 Å². The first-order valence-corrected chi connectivity index (χ1v) is 8.77. The van der Waals surface area contributed by atoms with Gasteiger partial charge in [-0.3, -0.25) is 0 Å². The quantitative estimate of drug-likeness (QED) is 0.569. The van der Waals surface area contributed by atoms with E-state index in [1.807, 2.05) is 30.3 Å². The largest absolute Gasteiger partial charge is 0.149 e. The standard InChI is InChI=1S/C19H17ClN2S/c1-13-6-7-16(10-14(13)2)18-8-9-19(22-21-18)23-12-15-4-3-5-17(20)11-15/h3-11H,12H2,1-2H3. The van der Waals surface area contributed by atoms with Gasteiger partial charge in [0.1, 0.15) is 5.03 Å². The second-order valence-corrected chi connectivity index (χ2v) is 6.91. The lowest BCUT2D eigenvalue weighted by Gasteiger charge is -2.05. The zero-order valence-electron chi connectivity index (χ0n) is 13.1. The van der Waals surface area contributed by atoms with E-state index in [4.69, 9.17) is 11.6 Å². The van der Waals surface area contributed by atoms with Crippen LogP contribution >= 0.6 is 23.4 Å². The van der Waals surface area contributed by atoms with Crippen LogP contribution in [0.3, 0.4) is 0 Å². The molecule has 116 valence electrons. The van der Waals surface area contributed by atoms with E-state index < -0.39 is 0 Å².